The quantitative estimate of drug-likeness (QED) is 0.272. The van der Waals surface area contributed by atoms with E-state index in [-0.39, 0.29) is 29.4 Å². The third-order valence-electron chi connectivity index (χ3n) is 6.14. The monoisotopic (exact) mass is 551 g/mol. The molecule has 3 aromatic carbocycles. The Labute approximate surface area is 215 Å². The lowest BCUT2D eigenvalue weighted by Crippen LogP contribution is -2.29. The maximum Gasteiger partial charge on any atom is 0.295 e. The van der Waals surface area contributed by atoms with E-state index in [1.807, 2.05) is 30.3 Å². The normalized spacial score (nSPS) is 18.4. The van der Waals surface area contributed by atoms with Gasteiger partial charge in [0.05, 0.1) is 23.2 Å². The summed E-state index contributed by atoms with van der Waals surface area (Å²) in [7, 11) is 1.40. The zero-order valence-electron chi connectivity index (χ0n) is 19.2. The van der Waals surface area contributed by atoms with Crippen LogP contribution in [-0.4, -0.2) is 47.1 Å². The average molecular weight is 552 g/mol. The maximum atomic E-state index is 13.3. The van der Waals surface area contributed by atoms with Crippen molar-refractivity contribution in [2.75, 3.05) is 20.3 Å². The van der Waals surface area contributed by atoms with E-state index in [0.29, 0.717) is 40.3 Å². The van der Waals surface area contributed by atoms with E-state index in [9.17, 15) is 19.8 Å². The number of carbonyl (C=O) groups excluding carboxylic acids is 2. The predicted molar refractivity (Wildman–Crippen MR) is 134 cm³/mol. The molecule has 2 N–H and O–H groups in total. The Kier molecular flexibility index (Phi) is 6.32. The largest absolute Gasteiger partial charge is 0.507 e. The Morgan fingerprint density at radius 1 is 1.06 bits per heavy atom. The van der Waals surface area contributed by atoms with Crippen LogP contribution in [0.4, 0.5) is 0 Å². The SMILES string of the molecule is COc1cc([C@H]2/C(=C(\O)c3ccc4c(c3)OCCO4)C(=O)C(=O)N2Cc2ccccc2)cc(Br)c1O. The van der Waals surface area contributed by atoms with Gasteiger partial charge in [0.25, 0.3) is 11.7 Å². The second kappa shape index (κ2) is 9.58. The number of likely N-dealkylation sites (tertiary alicyclic amines) is 1. The van der Waals surface area contributed by atoms with Crippen molar-refractivity contribution in [3.05, 3.63) is 87.4 Å². The molecule has 1 saturated heterocycles. The van der Waals surface area contributed by atoms with Crippen LogP contribution in [0.2, 0.25) is 0 Å². The highest BCUT2D eigenvalue weighted by Gasteiger charge is 2.46. The molecule has 3 aromatic rings. The van der Waals surface area contributed by atoms with Crippen LogP contribution in [-0.2, 0) is 16.1 Å². The number of Topliss-reactive ketones (excluding diaryl/α,β-unsaturated/α-hetero) is 1. The minimum atomic E-state index is -0.941. The van der Waals surface area contributed by atoms with Crippen molar-refractivity contribution in [3.63, 3.8) is 0 Å². The molecular formula is C27H22BrNO7. The second-order valence-corrected chi connectivity index (χ2v) is 9.18. The molecule has 0 aromatic heterocycles. The number of phenolic OH excluding ortho intramolecular Hbond substituents is 1. The summed E-state index contributed by atoms with van der Waals surface area (Å²) in [5.74, 6) is -0.885. The molecule has 5 rings (SSSR count). The van der Waals surface area contributed by atoms with Crippen LogP contribution in [0.1, 0.15) is 22.7 Å². The number of aliphatic hydroxyl groups is 1. The number of ketones is 1. The van der Waals surface area contributed by atoms with Crippen LogP contribution in [0.5, 0.6) is 23.0 Å². The molecule has 1 atom stereocenters. The molecule has 36 heavy (non-hydrogen) atoms. The average Bonchev–Trinajstić information content (AvgIpc) is 3.15. The second-order valence-electron chi connectivity index (χ2n) is 8.32. The molecule has 0 aliphatic carbocycles. The number of methoxy groups -OCH3 is 1. The van der Waals surface area contributed by atoms with Gasteiger partial charge in [-0.15, -0.1) is 0 Å². The van der Waals surface area contributed by atoms with E-state index >= 15 is 0 Å². The van der Waals surface area contributed by atoms with Gasteiger partial charge in [-0.1, -0.05) is 30.3 Å². The Bertz CT molecular complexity index is 1390. The van der Waals surface area contributed by atoms with E-state index in [1.54, 1.807) is 30.3 Å². The Hall–Kier alpha value is -3.98. The summed E-state index contributed by atoms with van der Waals surface area (Å²) in [5.41, 5.74) is 1.53. The van der Waals surface area contributed by atoms with E-state index in [0.717, 1.165) is 5.56 Å². The van der Waals surface area contributed by atoms with Gasteiger partial charge in [0.1, 0.15) is 19.0 Å². The third kappa shape index (κ3) is 4.15. The summed E-state index contributed by atoms with van der Waals surface area (Å²) in [6.07, 6.45) is 0. The molecule has 184 valence electrons. The van der Waals surface area contributed by atoms with Gasteiger partial charge in [0.15, 0.2) is 23.0 Å². The first-order valence-corrected chi connectivity index (χ1v) is 12.0. The number of aromatic hydroxyl groups is 1. The smallest absolute Gasteiger partial charge is 0.295 e. The maximum absolute atomic E-state index is 13.3. The highest BCUT2D eigenvalue weighted by molar-refractivity contribution is 9.10. The van der Waals surface area contributed by atoms with Crippen LogP contribution in [0.15, 0.2) is 70.7 Å². The molecule has 0 radical (unpaired) electrons. The summed E-state index contributed by atoms with van der Waals surface area (Å²) < 4.78 is 16.8. The zero-order valence-corrected chi connectivity index (χ0v) is 20.8. The molecule has 0 spiro atoms. The van der Waals surface area contributed by atoms with Gasteiger partial charge in [-0.05, 0) is 57.4 Å². The molecule has 1 amide bonds. The van der Waals surface area contributed by atoms with Crippen molar-refractivity contribution in [1.29, 1.82) is 0 Å². The number of phenols is 1. The molecule has 2 aliphatic heterocycles. The summed E-state index contributed by atoms with van der Waals surface area (Å²) in [4.78, 5) is 28.0. The van der Waals surface area contributed by atoms with Gasteiger partial charge in [-0.3, -0.25) is 9.59 Å². The Balaban J connectivity index is 1.68. The number of fused-ring (bicyclic) bond motifs is 1. The van der Waals surface area contributed by atoms with Crippen molar-refractivity contribution in [1.82, 2.24) is 4.90 Å². The topological polar surface area (TPSA) is 106 Å². The van der Waals surface area contributed by atoms with Gasteiger partial charge in [0.2, 0.25) is 0 Å². The van der Waals surface area contributed by atoms with Crippen LogP contribution in [0, 0.1) is 0 Å². The molecule has 2 aliphatic rings. The minimum absolute atomic E-state index is 0.0766. The molecule has 1 fully saturated rings. The zero-order chi connectivity index (χ0) is 25.4. The van der Waals surface area contributed by atoms with Crippen LogP contribution < -0.4 is 14.2 Å². The van der Waals surface area contributed by atoms with E-state index in [4.69, 9.17) is 14.2 Å². The molecule has 9 heteroatoms. The first-order chi connectivity index (χ1) is 17.4. The van der Waals surface area contributed by atoms with E-state index in [2.05, 4.69) is 15.9 Å². The van der Waals surface area contributed by atoms with Crippen LogP contribution >= 0.6 is 15.9 Å². The third-order valence-corrected chi connectivity index (χ3v) is 6.74. The number of aliphatic hydroxyl groups excluding tert-OH is 1. The molecule has 0 saturated carbocycles. The number of hydrogen-bond donors (Lipinski definition) is 2. The van der Waals surface area contributed by atoms with Gasteiger partial charge in [0, 0.05) is 12.1 Å². The summed E-state index contributed by atoms with van der Waals surface area (Å²) in [6.45, 7) is 0.912. The summed E-state index contributed by atoms with van der Waals surface area (Å²) in [6, 6.07) is 16.3. The van der Waals surface area contributed by atoms with E-state index in [1.165, 1.54) is 12.0 Å². The first kappa shape index (κ1) is 23.7. The lowest BCUT2D eigenvalue weighted by molar-refractivity contribution is -0.140. The minimum Gasteiger partial charge on any atom is -0.507 e. The summed E-state index contributed by atoms with van der Waals surface area (Å²) >= 11 is 3.32. The van der Waals surface area contributed by atoms with Crippen molar-refractivity contribution in [2.24, 2.45) is 0 Å². The number of hydrogen-bond acceptors (Lipinski definition) is 7. The van der Waals surface area contributed by atoms with Gasteiger partial charge in [-0.25, -0.2) is 0 Å². The number of rotatable bonds is 5. The van der Waals surface area contributed by atoms with Gasteiger partial charge >= 0.3 is 0 Å². The van der Waals surface area contributed by atoms with Crippen molar-refractivity contribution >= 4 is 33.4 Å². The number of halogens is 1. The van der Waals surface area contributed by atoms with E-state index < -0.39 is 17.7 Å². The van der Waals surface area contributed by atoms with Gasteiger partial charge < -0.3 is 29.3 Å². The lowest BCUT2D eigenvalue weighted by Gasteiger charge is -2.26. The molecule has 0 bridgehead atoms. The Morgan fingerprint density at radius 3 is 2.50 bits per heavy atom. The predicted octanol–water partition coefficient (Wildman–Crippen LogP) is 4.56. The molecular weight excluding hydrogens is 530 g/mol. The lowest BCUT2D eigenvalue weighted by atomic mass is 9.94. The van der Waals surface area contributed by atoms with Crippen molar-refractivity contribution in [2.45, 2.75) is 12.6 Å². The van der Waals surface area contributed by atoms with Crippen LogP contribution in [0.25, 0.3) is 5.76 Å². The fourth-order valence-corrected chi connectivity index (χ4v) is 4.88. The number of ether oxygens (including phenoxy) is 3. The number of nitrogens with zero attached hydrogens (tertiary/aromatic N) is 1. The molecule has 0 unspecified atom stereocenters. The fraction of sp³-hybridized carbons (Fsp3) is 0.185. The first-order valence-electron chi connectivity index (χ1n) is 11.2. The summed E-state index contributed by atoms with van der Waals surface area (Å²) in [5, 5.41) is 21.7. The number of carbonyl (C=O) groups is 2. The number of amides is 1. The standard InChI is InChI=1S/C27H22BrNO7/c1-34-21-13-17(11-18(28)25(21)31)23-22(24(30)16-7-8-19-20(12-16)36-10-9-35-19)26(32)27(33)29(23)14-15-5-3-2-4-6-15/h2-8,11-13,23,30-31H,9-10,14H2,1H3/b24-22+/t23-/m0/s1. The molecule has 2 heterocycles. The van der Waals surface area contributed by atoms with Crippen molar-refractivity contribution in [3.8, 4) is 23.0 Å². The fourth-order valence-electron chi connectivity index (χ4n) is 4.42. The van der Waals surface area contributed by atoms with Gasteiger partial charge in [-0.2, -0.15) is 0 Å². The van der Waals surface area contributed by atoms with Crippen molar-refractivity contribution < 1.29 is 34.0 Å². The highest BCUT2D eigenvalue weighted by Crippen LogP contribution is 2.45. The molecule has 8 nitrogen and oxygen atoms in total. The number of benzene rings is 3. The highest BCUT2D eigenvalue weighted by atomic mass is 79.9. The Morgan fingerprint density at radius 2 is 1.78 bits per heavy atom. The van der Waals surface area contributed by atoms with Crippen LogP contribution in [0.3, 0.4) is 0 Å².